The molecule has 0 radical (unpaired) electrons. The first-order valence-electron chi connectivity index (χ1n) is 6.54. The first kappa shape index (κ1) is 16.5. The number of benzene rings is 1. The van der Waals surface area contributed by atoms with Gasteiger partial charge in [-0.2, -0.15) is 0 Å². The maximum atomic E-state index is 13.8. The van der Waals surface area contributed by atoms with Crippen LogP contribution in [0.3, 0.4) is 0 Å². The van der Waals surface area contributed by atoms with Crippen molar-refractivity contribution >= 4 is 29.2 Å². The molecule has 0 amide bonds. The van der Waals surface area contributed by atoms with Crippen LogP contribution in [-0.4, -0.2) is 42.3 Å². The Bertz CT molecular complexity index is 549. The average Bonchev–Trinajstić information content (AvgIpc) is 2.43. The number of carbonyl (C=O) groups is 1. The van der Waals surface area contributed by atoms with E-state index in [9.17, 15) is 14.3 Å². The Balaban J connectivity index is 2.48. The van der Waals surface area contributed by atoms with Gasteiger partial charge in [0.05, 0.1) is 30.2 Å². The van der Waals surface area contributed by atoms with Gasteiger partial charge in [-0.25, -0.2) is 4.39 Å². The van der Waals surface area contributed by atoms with Crippen LogP contribution >= 0.6 is 23.2 Å². The van der Waals surface area contributed by atoms with Crippen molar-refractivity contribution in [2.24, 2.45) is 0 Å². The van der Waals surface area contributed by atoms with E-state index in [0.717, 1.165) is 0 Å². The Morgan fingerprint density at radius 3 is 2.57 bits per heavy atom. The summed E-state index contributed by atoms with van der Waals surface area (Å²) in [7, 11) is 0. The highest BCUT2D eigenvalue weighted by Crippen LogP contribution is 2.39. The first-order valence-corrected chi connectivity index (χ1v) is 7.30. The Hall–Kier alpha value is -0.880. The second kappa shape index (κ2) is 6.48. The third-order valence-electron chi connectivity index (χ3n) is 3.79. The summed E-state index contributed by atoms with van der Waals surface area (Å²) in [6.07, 6.45) is -0.187. The molecule has 1 aromatic rings. The molecule has 0 aromatic heterocycles. The van der Waals surface area contributed by atoms with Crippen molar-refractivity contribution in [1.82, 2.24) is 4.90 Å². The van der Waals surface area contributed by atoms with Crippen molar-refractivity contribution in [1.29, 1.82) is 0 Å². The standard InChI is InChI=1S/C14H16Cl2FNO3/c1-14(8-13(19)20,18-2-4-21-5-3-18)9-6-12(17)11(16)7-10(9)15/h6-7H,2-5,8H2,1H3,(H,19,20). The van der Waals surface area contributed by atoms with Gasteiger partial charge < -0.3 is 9.84 Å². The van der Waals surface area contributed by atoms with Crippen LogP contribution in [0.1, 0.15) is 18.9 Å². The van der Waals surface area contributed by atoms with Crippen LogP contribution in [0.5, 0.6) is 0 Å². The van der Waals surface area contributed by atoms with Gasteiger partial charge in [-0.15, -0.1) is 0 Å². The van der Waals surface area contributed by atoms with E-state index in [1.165, 1.54) is 12.1 Å². The molecule has 0 spiro atoms. The number of morpholine rings is 1. The Kier molecular flexibility index (Phi) is 5.09. The summed E-state index contributed by atoms with van der Waals surface area (Å²) in [6, 6.07) is 2.54. The maximum Gasteiger partial charge on any atom is 0.305 e. The van der Waals surface area contributed by atoms with Crippen LogP contribution in [0, 0.1) is 5.82 Å². The van der Waals surface area contributed by atoms with Crippen molar-refractivity contribution in [3.8, 4) is 0 Å². The fraction of sp³-hybridized carbons (Fsp3) is 0.500. The molecule has 4 nitrogen and oxygen atoms in total. The predicted molar refractivity (Wildman–Crippen MR) is 78.4 cm³/mol. The number of hydrogen-bond acceptors (Lipinski definition) is 3. The summed E-state index contributed by atoms with van der Waals surface area (Å²) in [4.78, 5) is 13.2. The molecule has 2 rings (SSSR count). The molecule has 1 aliphatic heterocycles. The van der Waals surface area contributed by atoms with E-state index >= 15 is 0 Å². The van der Waals surface area contributed by atoms with Gasteiger partial charge in [0, 0.05) is 18.1 Å². The summed E-state index contributed by atoms with van der Waals surface area (Å²) in [5.74, 6) is -1.59. The maximum absolute atomic E-state index is 13.8. The van der Waals surface area contributed by atoms with Crippen LogP contribution < -0.4 is 0 Å². The number of hydrogen-bond donors (Lipinski definition) is 1. The van der Waals surface area contributed by atoms with Crippen molar-refractivity contribution in [3.05, 3.63) is 33.6 Å². The molecule has 1 N–H and O–H groups in total. The van der Waals surface area contributed by atoms with Gasteiger partial charge in [0.15, 0.2) is 0 Å². The summed E-state index contributed by atoms with van der Waals surface area (Å²) >= 11 is 11.9. The SMILES string of the molecule is CC(CC(=O)O)(c1cc(F)c(Cl)cc1Cl)N1CCOCC1. The van der Waals surface area contributed by atoms with Crippen LogP contribution in [0.15, 0.2) is 12.1 Å². The second-order valence-electron chi connectivity index (χ2n) is 5.19. The zero-order valence-electron chi connectivity index (χ0n) is 11.5. The minimum absolute atomic E-state index is 0.0802. The molecule has 1 unspecified atom stereocenters. The minimum Gasteiger partial charge on any atom is -0.481 e. The molecule has 0 saturated carbocycles. The Morgan fingerprint density at radius 2 is 2.00 bits per heavy atom. The van der Waals surface area contributed by atoms with E-state index in [-0.39, 0.29) is 16.5 Å². The van der Waals surface area contributed by atoms with Gasteiger partial charge in [-0.1, -0.05) is 23.2 Å². The predicted octanol–water partition coefficient (Wildman–Crippen LogP) is 3.15. The van der Waals surface area contributed by atoms with Crippen LogP contribution in [0.25, 0.3) is 0 Å². The third-order valence-corrected chi connectivity index (χ3v) is 4.40. The summed E-state index contributed by atoms with van der Waals surface area (Å²) < 4.78 is 19.1. The molecule has 1 aromatic carbocycles. The van der Waals surface area contributed by atoms with Crippen LogP contribution in [0.2, 0.25) is 10.0 Å². The monoisotopic (exact) mass is 335 g/mol. The number of carboxylic acid groups (broad SMARTS) is 1. The van der Waals surface area contributed by atoms with Crippen molar-refractivity contribution in [2.75, 3.05) is 26.3 Å². The minimum atomic E-state index is -0.976. The third kappa shape index (κ3) is 3.48. The van der Waals surface area contributed by atoms with E-state index < -0.39 is 17.3 Å². The molecule has 1 fully saturated rings. The molecule has 116 valence electrons. The summed E-state index contributed by atoms with van der Waals surface area (Å²) in [6.45, 7) is 3.88. The van der Waals surface area contributed by atoms with E-state index in [2.05, 4.69) is 0 Å². The second-order valence-corrected chi connectivity index (χ2v) is 6.00. The van der Waals surface area contributed by atoms with Gasteiger partial charge in [0.25, 0.3) is 0 Å². The number of aliphatic carboxylic acids is 1. The number of nitrogens with zero attached hydrogens (tertiary/aromatic N) is 1. The molecule has 1 heterocycles. The van der Waals surface area contributed by atoms with Crippen LogP contribution in [-0.2, 0) is 15.1 Å². The van der Waals surface area contributed by atoms with Crippen molar-refractivity contribution in [2.45, 2.75) is 18.9 Å². The molecule has 7 heteroatoms. The van der Waals surface area contributed by atoms with Gasteiger partial charge >= 0.3 is 5.97 Å². The van der Waals surface area contributed by atoms with Crippen molar-refractivity contribution < 1.29 is 19.0 Å². The lowest BCUT2D eigenvalue weighted by molar-refractivity contribution is -0.141. The van der Waals surface area contributed by atoms with Gasteiger partial charge in [-0.05, 0) is 24.6 Å². The lowest BCUT2D eigenvalue weighted by Gasteiger charge is -2.43. The molecule has 1 atom stereocenters. The van der Waals surface area contributed by atoms with E-state index in [1.807, 2.05) is 4.90 Å². The smallest absolute Gasteiger partial charge is 0.305 e. The first-order chi connectivity index (χ1) is 9.84. The van der Waals surface area contributed by atoms with Crippen LogP contribution in [0.4, 0.5) is 4.39 Å². The zero-order valence-corrected chi connectivity index (χ0v) is 13.0. The molecule has 21 heavy (non-hydrogen) atoms. The number of rotatable bonds is 4. The van der Waals surface area contributed by atoms with Gasteiger partial charge in [0.2, 0.25) is 0 Å². The number of ether oxygens (including phenoxy) is 1. The molecule has 0 aliphatic carbocycles. The van der Waals surface area contributed by atoms with E-state index in [4.69, 9.17) is 27.9 Å². The fourth-order valence-electron chi connectivity index (χ4n) is 2.66. The van der Waals surface area contributed by atoms with E-state index in [0.29, 0.717) is 31.9 Å². The zero-order chi connectivity index (χ0) is 15.6. The Labute approximate surface area is 132 Å². The molecular formula is C14H16Cl2FNO3. The lowest BCUT2D eigenvalue weighted by atomic mass is 9.86. The molecule has 0 bridgehead atoms. The quantitative estimate of drug-likeness (QED) is 0.858. The number of carboxylic acids is 1. The van der Waals surface area contributed by atoms with E-state index in [1.54, 1.807) is 6.92 Å². The molecule has 1 saturated heterocycles. The van der Waals surface area contributed by atoms with Gasteiger partial charge in [-0.3, -0.25) is 9.69 Å². The largest absolute Gasteiger partial charge is 0.481 e. The molecular weight excluding hydrogens is 320 g/mol. The lowest BCUT2D eigenvalue weighted by Crippen LogP contribution is -2.50. The fourth-order valence-corrected chi connectivity index (χ4v) is 3.25. The average molecular weight is 336 g/mol. The highest BCUT2D eigenvalue weighted by Gasteiger charge is 2.39. The number of halogens is 3. The summed E-state index contributed by atoms with van der Waals surface area (Å²) in [5, 5.41) is 9.42. The Morgan fingerprint density at radius 1 is 1.38 bits per heavy atom. The van der Waals surface area contributed by atoms with Crippen molar-refractivity contribution in [3.63, 3.8) is 0 Å². The highest BCUT2D eigenvalue weighted by atomic mass is 35.5. The molecule has 1 aliphatic rings. The topological polar surface area (TPSA) is 49.8 Å². The normalized spacial score (nSPS) is 19.2. The highest BCUT2D eigenvalue weighted by molar-refractivity contribution is 6.35. The van der Waals surface area contributed by atoms with Gasteiger partial charge in [0.1, 0.15) is 5.82 Å². The summed E-state index contributed by atoms with van der Waals surface area (Å²) in [5.41, 5.74) is -0.492.